The minimum Gasteiger partial charge on any atom is -0.479 e. The molecule has 5 rings (SSSR count). The Morgan fingerprint density at radius 1 is 1.06 bits per heavy atom. The number of amides is 2. The number of hydrogen-bond acceptors (Lipinski definition) is 8. The number of ether oxygens (including phenoxy) is 2. The second-order valence-corrected chi connectivity index (χ2v) is 15.7. The number of hydrogen-bond donors (Lipinski definition) is 4. The number of pyridine rings is 1. The van der Waals surface area contributed by atoms with Gasteiger partial charge >= 0.3 is 18.2 Å². The van der Waals surface area contributed by atoms with Gasteiger partial charge in [-0.1, -0.05) is 36.7 Å². The molecule has 1 heterocycles. The number of carbonyl (C=O) groups is 3. The maximum atomic E-state index is 13.1. The molecule has 3 aromatic carbocycles. The molecule has 1 fully saturated rings. The number of carboxylic acids is 1. The Kier molecular flexibility index (Phi) is 11.4. The van der Waals surface area contributed by atoms with Gasteiger partial charge in [-0.25, -0.2) is 14.4 Å². The first kappa shape index (κ1) is 37.4. The lowest BCUT2D eigenvalue weighted by molar-refractivity contribution is -0.138. The van der Waals surface area contributed by atoms with Crippen LogP contribution in [0.1, 0.15) is 69.2 Å². The number of carbonyl (C=O) groups excluding carboxylic acids is 2. The van der Waals surface area contributed by atoms with Crippen LogP contribution in [0.25, 0.3) is 10.8 Å². The third kappa shape index (κ3) is 9.67. The molecule has 14 heteroatoms. The largest absolute Gasteiger partial charge is 0.479 e. The van der Waals surface area contributed by atoms with Gasteiger partial charge in [-0.05, 0) is 98.2 Å². The average Bonchev–Trinajstić information content (AvgIpc) is 3.91. The Balaban J connectivity index is 1.23. The zero-order valence-corrected chi connectivity index (χ0v) is 30.5. The van der Waals surface area contributed by atoms with E-state index in [0.717, 1.165) is 18.2 Å². The van der Waals surface area contributed by atoms with Crippen LogP contribution in [0, 0.1) is 0 Å². The maximum Gasteiger partial charge on any atom is 0.411 e. The summed E-state index contributed by atoms with van der Waals surface area (Å²) < 4.78 is 24.1. The maximum absolute atomic E-state index is 13.1. The van der Waals surface area contributed by atoms with Gasteiger partial charge in [0.1, 0.15) is 5.60 Å². The number of H-pyrrole nitrogens is 1. The van der Waals surface area contributed by atoms with E-state index in [-0.39, 0.29) is 29.9 Å². The fourth-order valence-corrected chi connectivity index (χ4v) is 7.28. The van der Waals surface area contributed by atoms with Gasteiger partial charge < -0.3 is 29.8 Å². The first-order valence-corrected chi connectivity index (χ1v) is 18.0. The van der Waals surface area contributed by atoms with Crippen molar-refractivity contribution in [3.8, 4) is 0 Å². The van der Waals surface area contributed by atoms with Crippen LogP contribution in [0.4, 0.5) is 21.0 Å². The Morgan fingerprint density at radius 2 is 1.78 bits per heavy atom. The van der Waals surface area contributed by atoms with E-state index in [1.54, 1.807) is 94.7 Å². The molecule has 1 aliphatic carbocycles. The van der Waals surface area contributed by atoms with Crippen LogP contribution in [0.2, 0.25) is 5.02 Å². The number of fused-ring (bicyclic) bond motifs is 1. The van der Waals surface area contributed by atoms with Crippen molar-refractivity contribution < 1.29 is 33.2 Å². The smallest absolute Gasteiger partial charge is 0.411 e. The standard InChI is InChI=1S/C37H41ClN4O8S/c1-21(28-12-7-23(17-30(28)38)32(34(44)45)40-26-8-6-22-14-15-39-33(43)29(22)18-26)20-49-35(46)41-25-9-13-31(51(48)27-10-11-27)24(16-25)19-42(5)36(47)50-37(2,3)4/h6-9,12-18,21,27,32,40H,10-11,19-20H2,1-5H3,(H,39,43)(H,41,46)(H,44,45). The summed E-state index contributed by atoms with van der Waals surface area (Å²) in [4.78, 5) is 54.6. The summed E-state index contributed by atoms with van der Waals surface area (Å²) in [5.74, 6) is -1.48. The second-order valence-electron chi connectivity index (χ2n) is 13.6. The molecule has 12 nitrogen and oxygen atoms in total. The van der Waals surface area contributed by atoms with Crippen molar-refractivity contribution in [1.29, 1.82) is 0 Å². The van der Waals surface area contributed by atoms with Gasteiger partial charge in [-0.3, -0.25) is 14.3 Å². The average molecular weight is 737 g/mol. The summed E-state index contributed by atoms with van der Waals surface area (Å²) >= 11 is 6.62. The Hall–Kier alpha value is -4.88. The predicted molar refractivity (Wildman–Crippen MR) is 197 cm³/mol. The number of aromatic nitrogens is 1. The van der Waals surface area contributed by atoms with Gasteiger partial charge in [-0.2, -0.15) is 0 Å². The van der Waals surface area contributed by atoms with Crippen molar-refractivity contribution >= 4 is 62.7 Å². The molecule has 270 valence electrons. The molecule has 3 atom stereocenters. The number of aromatic amines is 1. The van der Waals surface area contributed by atoms with Crippen molar-refractivity contribution in [3.63, 3.8) is 0 Å². The molecule has 51 heavy (non-hydrogen) atoms. The Morgan fingerprint density at radius 3 is 2.45 bits per heavy atom. The van der Waals surface area contributed by atoms with Crippen molar-refractivity contribution in [2.45, 2.75) is 74.8 Å². The molecular weight excluding hydrogens is 696 g/mol. The Labute approximate surface area is 302 Å². The molecule has 0 bridgehead atoms. The van der Waals surface area contributed by atoms with Crippen LogP contribution < -0.4 is 16.2 Å². The number of nitrogens with zero attached hydrogens (tertiary/aromatic N) is 1. The number of aliphatic carboxylic acids is 1. The van der Waals surface area contributed by atoms with Crippen molar-refractivity contribution in [2.24, 2.45) is 0 Å². The van der Waals surface area contributed by atoms with E-state index in [0.29, 0.717) is 43.4 Å². The van der Waals surface area contributed by atoms with Gasteiger partial charge in [0.25, 0.3) is 5.56 Å². The topological polar surface area (TPSA) is 167 Å². The lowest BCUT2D eigenvalue weighted by Gasteiger charge is -2.25. The summed E-state index contributed by atoms with van der Waals surface area (Å²) in [5, 5.41) is 17.2. The van der Waals surface area contributed by atoms with Crippen LogP contribution in [0.15, 0.2) is 76.6 Å². The zero-order valence-electron chi connectivity index (χ0n) is 28.9. The number of rotatable bonds is 12. The molecule has 0 saturated heterocycles. The molecule has 2 amide bonds. The molecule has 3 unspecified atom stereocenters. The third-order valence-corrected chi connectivity index (χ3v) is 10.4. The first-order chi connectivity index (χ1) is 24.1. The van der Waals surface area contributed by atoms with E-state index in [2.05, 4.69) is 15.6 Å². The van der Waals surface area contributed by atoms with Gasteiger partial charge in [0, 0.05) is 57.6 Å². The lowest BCUT2D eigenvalue weighted by Crippen LogP contribution is -2.34. The van der Waals surface area contributed by atoms with E-state index in [9.17, 15) is 28.5 Å². The highest BCUT2D eigenvalue weighted by Crippen LogP contribution is 2.34. The molecule has 0 spiro atoms. The SMILES string of the molecule is CC(COC(=O)Nc1ccc(S(=O)C2CC2)c(CN(C)C(=O)OC(C)(C)C)c1)c1ccc(C(Nc2ccc3cc[nH]c(=O)c3c2)C(=O)O)cc1Cl. The number of anilines is 2. The molecule has 0 aliphatic heterocycles. The van der Waals surface area contributed by atoms with E-state index >= 15 is 0 Å². The normalized spacial score (nSPS) is 14.6. The predicted octanol–water partition coefficient (Wildman–Crippen LogP) is 7.41. The van der Waals surface area contributed by atoms with Crippen molar-refractivity contribution in [1.82, 2.24) is 9.88 Å². The molecule has 0 radical (unpaired) electrons. The molecule has 4 aromatic rings. The third-order valence-electron chi connectivity index (χ3n) is 8.15. The summed E-state index contributed by atoms with van der Waals surface area (Å²) in [6, 6.07) is 15.5. The van der Waals surface area contributed by atoms with E-state index in [1.807, 2.05) is 6.92 Å². The second kappa shape index (κ2) is 15.6. The van der Waals surface area contributed by atoms with E-state index in [1.165, 1.54) is 4.90 Å². The van der Waals surface area contributed by atoms with Gasteiger partial charge in [0.05, 0.1) is 17.4 Å². The van der Waals surface area contributed by atoms with Crippen LogP contribution >= 0.6 is 11.6 Å². The molecule has 4 N–H and O–H groups in total. The zero-order chi connectivity index (χ0) is 37.0. The lowest BCUT2D eigenvalue weighted by atomic mass is 9.97. The van der Waals surface area contributed by atoms with Crippen LogP contribution in [0.5, 0.6) is 0 Å². The van der Waals surface area contributed by atoms with Crippen LogP contribution in [-0.4, -0.2) is 61.9 Å². The van der Waals surface area contributed by atoms with E-state index in [4.69, 9.17) is 21.1 Å². The van der Waals surface area contributed by atoms with Crippen molar-refractivity contribution in [2.75, 3.05) is 24.3 Å². The monoisotopic (exact) mass is 736 g/mol. The Bertz CT molecular complexity index is 2040. The number of carboxylic acid groups (broad SMARTS) is 1. The van der Waals surface area contributed by atoms with Crippen molar-refractivity contribution in [3.05, 3.63) is 98.9 Å². The molecule has 1 saturated carbocycles. The summed E-state index contributed by atoms with van der Waals surface area (Å²) in [5.41, 5.74) is 1.55. The summed E-state index contributed by atoms with van der Waals surface area (Å²) in [6.07, 6.45) is 2.04. The van der Waals surface area contributed by atoms with Gasteiger partial charge in [0.2, 0.25) is 0 Å². The first-order valence-electron chi connectivity index (χ1n) is 16.4. The van der Waals surface area contributed by atoms with Crippen LogP contribution in [-0.2, 0) is 31.6 Å². The van der Waals surface area contributed by atoms with E-state index < -0.39 is 40.6 Å². The molecular formula is C37H41ClN4O8S. The number of benzene rings is 3. The van der Waals surface area contributed by atoms with Crippen LogP contribution in [0.3, 0.4) is 0 Å². The highest BCUT2D eigenvalue weighted by molar-refractivity contribution is 7.86. The molecule has 1 aliphatic rings. The van der Waals surface area contributed by atoms with Gasteiger partial charge in [0.15, 0.2) is 6.04 Å². The fourth-order valence-electron chi connectivity index (χ4n) is 5.39. The fraction of sp³-hybridized carbons (Fsp3) is 0.351. The minimum atomic E-state index is -1.25. The minimum absolute atomic E-state index is 0.0326. The number of halogens is 1. The quantitative estimate of drug-likeness (QED) is 0.116. The highest BCUT2D eigenvalue weighted by Gasteiger charge is 2.31. The summed E-state index contributed by atoms with van der Waals surface area (Å²) in [6.45, 7) is 7.24. The summed E-state index contributed by atoms with van der Waals surface area (Å²) in [7, 11) is 0.348. The van der Waals surface area contributed by atoms with Gasteiger partial charge in [-0.15, -0.1) is 0 Å². The highest BCUT2D eigenvalue weighted by atomic mass is 35.5. The molecule has 1 aromatic heterocycles. The number of nitrogens with one attached hydrogen (secondary N) is 3.